The quantitative estimate of drug-likeness (QED) is 0.879. The van der Waals surface area contributed by atoms with Crippen molar-refractivity contribution in [3.8, 4) is 0 Å². The zero-order chi connectivity index (χ0) is 13.3. The molecule has 0 spiro atoms. The summed E-state index contributed by atoms with van der Waals surface area (Å²) < 4.78 is 0. The Morgan fingerprint density at radius 2 is 1.94 bits per heavy atom. The predicted octanol–water partition coefficient (Wildman–Crippen LogP) is 2.24. The molecular weight excluding hydrogens is 254 g/mol. The van der Waals surface area contributed by atoms with Gasteiger partial charge in [0.1, 0.15) is 0 Å². The lowest BCUT2D eigenvalue weighted by Crippen LogP contribution is -2.29. The normalized spacial score (nSPS) is 23.2. The van der Waals surface area contributed by atoms with Crippen LogP contribution in [0.1, 0.15) is 24.9 Å². The van der Waals surface area contributed by atoms with Gasteiger partial charge in [0.15, 0.2) is 0 Å². The van der Waals surface area contributed by atoms with Gasteiger partial charge in [-0.2, -0.15) is 0 Å². The van der Waals surface area contributed by atoms with Gasteiger partial charge in [-0.1, -0.05) is 23.7 Å². The largest absolute Gasteiger partial charge is 0.481 e. The van der Waals surface area contributed by atoms with Crippen LogP contribution in [0.25, 0.3) is 0 Å². The summed E-state index contributed by atoms with van der Waals surface area (Å²) in [6, 6.07) is 7.06. The monoisotopic (exact) mass is 267 g/mol. The van der Waals surface area contributed by atoms with Crippen molar-refractivity contribution in [2.24, 2.45) is 11.8 Å². The molecular formula is C13H14ClNO3. The fraction of sp³-hybridized carbons (Fsp3) is 0.385. The first-order valence-electron chi connectivity index (χ1n) is 5.77. The fourth-order valence-corrected chi connectivity index (χ4v) is 2.04. The molecule has 0 bridgehead atoms. The lowest BCUT2D eigenvalue weighted by Gasteiger charge is -2.14. The third kappa shape index (κ3) is 2.82. The Labute approximate surface area is 110 Å². The maximum absolute atomic E-state index is 11.8. The first kappa shape index (κ1) is 12.9. The number of rotatable bonds is 4. The average Bonchev–Trinajstić information content (AvgIpc) is 3.09. The molecule has 0 radical (unpaired) electrons. The van der Waals surface area contributed by atoms with E-state index in [1.165, 1.54) is 0 Å². The Balaban J connectivity index is 1.92. The molecule has 2 unspecified atom stereocenters. The van der Waals surface area contributed by atoms with Gasteiger partial charge < -0.3 is 10.4 Å². The summed E-state index contributed by atoms with van der Waals surface area (Å²) in [5.41, 5.74) is 0.945. The Kier molecular flexibility index (Phi) is 3.57. The van der Waals surface area contributed by atoms with Crippen LogP contribution in [0.3, 0.4) is 0 Å². The third-order valence-corrected chi connectivity index (χ3v) is 3.43. The van der Waals surface area contributed by atoms with Crippen LogP contribution in [-0.2, 0) is 9.59 Å². The maximum atomic E-state index is 11.8. The van der Waals surface area contributed by atoms with Crippen LogP contribution in [0.4, 0.5) is 0 Å². The standard InChI is InChI=1S/C13H14ClNO3/c1-7(8-2-4-9(14)5-3-8)15-12(16)10-6-11(10)13(17)18/h2-5,7,10-11H,6H2,1H3,(H,15,16)(H,17,18)/t7-,10?,11?/m0/s1. The van der Waals surface area contributed by atoms with Crippen molar-refractivity contribution in [3.63, 3.8) is 0 Å². The summed E-state index contributed by atoms with van der Waals surface area (Å²) in [4.78, 5) is 22.4. The van der Waals surface area contributed by atoms with Crippen molar-refractivity contribution >= 4 is 23.5 Å². The van der Waals surface area contributed by atoms with Crippen LogP contribution in [0, 0.1) is 11.8 Å². The molecule has 1 fully saturated rings. The topological polar surface area (TPSA) is 66.4 Å². The van der Waals surface area contributed by atoms with Gasteiger partial charge in [0.2, 0.25) is 5.91 Å². The highest BCUT2D eigenvalue weighted by Gasteiger charge is 2.48. The molecule has 0 heterocycles. The second kappa shape index (κ2) is 4.98. The van der Waals surface area contributed by atoms with E-state index < -0.39 is 11.9 Å². The van der Waals surface area contributed by atoms with Crippen LogP contribution >= 0.6 is 11.6 Å². The van der Waals surface area contributed by atoms with E-state index in [4.69, 9.17) is 16.7 Å². The number of aliphatic carboxylic acids is 1. The minimum absolute atomic E-state index is 0.148. The van der Waals surface area contributed by atoms with E-state index in [9.17, 15) is 9.59 Å². The zero-order valence-corrected chi connectivity index (χ0v) is 10.6. The maximum Gasteiger partial charge on any atom is 0.307 e. The van der Waals surface area contributed by atoms with Crippen molar-refractivity contribution in [1.29, 1.82) is 0 Å². The predicted molar refractivity (Wildman–Crippen MR) is 67.2 cm³/mol. The van der Waals surface area contributed by atoms with Crippen LogP contribution in [0.2, 0.25) is 5.02 Å². The molecule has 5 heteroatoms. The molecule has 0 aromatic heterocycles. The number of carbonyl (C=O) groups is 2. The summed E-state index contributed by atoms with van der Waals surface area (Å²) >= 11 is 5.78. The van der Waals surface area contributed by atoms with Crippen LogP contribution in [0.5, 0.6) is 0 Å². The van der Waals surface area contributed by atoms with Gasteiger partial charge in [-0.3, -0.25) is 9.59 Å². The first-order chi connectivity index (χ1) is 8.49. The summed E-state index contributed by atoms with van der Waals surface area (Å²) in [5, 5.41) is 12.2. The molecule has 3 atom stereocenters. The summed E-state index contributed by atoms with van der Waals surface area (Å²) in [6.45, 7) is 1.86. The van der Waals surface area contributed by atoms with E-state index in [2.05, 4.69) is 5.32 Å². The van der Waals surface area contributed by atoms with Crippen molar-refractivity contribution in [2.75, 3.05) is 0 Å². The fourth-order valence-electron chi connectivity index (χ4n) is 1.91. The molecule has 2 N–H and O–H groups in total. The van der Waals surface area contributed by atoms with E-state index in [1.54, 1.807) is 12.1 Å². The highest BCUT2D eigenvalue weighted by Crippen LogP contribution is 2.39. The molecule has 1 saturated carbocycles. The molecule has 0 saturated heterocycles. The lowest BCUT2D eigenvalue weighted by atomic mass is 10.1. The van der Waals surface area contributed by atoms with E-state index in [0.29, 0.717) is 11.4 Å². The minimum Gasteiger partial charge on any atom is -0.481 e. The van der Waals surface area contributed by atoms with Crippen molar-refractivity contribution < 1.29 is 14.7 Å². The zero-order valence-electron chi connectivity index (χ0n) is 9.89. The molecule has 4 nitrogen and oxygen atoms in total. The van der Waals surface area contributed by atoms with Gasteiger partial charge in [0.05, 0.1) is 17.9 Å². The Bertz CT molecular complexity index is 472. The summed E-state index contributed by atoms with van der Waals surface area (Å²) in [7, 11) is 0. The van der Waals surface area contributed by atoms with Gasteiger partial charge in [-0.05, 0) is 31.0 Å². The van der Waals surface area contributed by atoms with Crippen LogP contribution in [-0.4, -0.2) is 17.0 Å². The number of carbonyl (C=O) groups excluding carboxylic acids is 1. The highest BCUT2D eigenvalue weighted by atomic mass is 35.5. The van der Waals surface area contributed by atoms with Gasteiger partial charge in [0, 0.05) is 5.02 Å². The minimum atomic E-state index is -0.894. The molecule has 0 aliphatic heterocycles. The molecule has 1 aliphatic carbocycles. The Morgan fingerprint density at radius 3 is 2.44 bits per heavy atom. The Morgan fingerprint density at radius 1 is 1.33 bits per heavy atom. The molecule has 2 rings (SSSR count). The van der Waals surface area contributed by atoms with Gasteiger partial charge in [0.25, 0.3) is 0 Å². The van der Waals surface area contributed by atoms with Gasteiger partial charge >= 0.3 is 5.97 Å². The number of halogens is 1. The van der Waals surface area contributed by atoms with Crippen LogP contribution in [0.15, 0.2) is 24.3 Å². The highest BCUT2D eigenvalue weighted by molar-refractivity contribution is 6.30. The summed E-state index contributed by atoms with van der Waals surface area (Å²) in [5.74, 6) is -1.97. The third-order valence-electron chi connectivity index (χ3n) is 3.17. The number of hydrogen-bond donors (Lipinski definition) is 2. The number of benzene rings is 1. The number of carboxylic acid groups (broad SMARTS) is 1. The molecule has 1 aromatic carbocycles. The molecule has 18 heavy (non-hydrogen) atoms. The van der Waals surface area contributed by atoms with Gasteiger partial charge in [-0.25, -0.2) is 0 Å². The molecule has 1 aliphatic rings. The van der Waals surface area contributed by atoms with Crippen molar-refractivity contribution in [2.45, 2.75) is 19.4 Å². The smallest absolute Gasteiger partial charge is 0.307 e. The second-order valence-electron chi connectivity index (χ2n) is 4.57. The number of amides is 1. The number of hydrogen-bond acceptors (Lipinski definition) is 2. The first-order valence-corrected chi connectivity index (χ1v) is 6.15. The van der Waals surface area contributed by atoms with Crippen molar-refractivity contribution in [1.82, 2.24) is 5.32 Å². The van der Waals surface area contributed by atoms with E-state index in [-0.39, 0.29) is 17.9 Å². The lowest BCUT2D eigenvalue weighted by molar-refractivity contribution is -0.140. The van der Waals surface area contributed by atoms with E-state index in [1.807, 2.05) is 19.1 Å². The average molecular weight is 268 g/mol. The SMILES string of the molecule is C[C@H](NC(=O)C1CC1C(=O)O)c1ccc(Cl)cc1. The summed E-state index contributed by atoms with van der Waals surface area (Å²) in [6.07, 6.45) is 0.439. The second-order valence-corrected chi connectivity index (χ2v) is 5.01. The molecule has 1 aromatic rings. The molecule has 1 amide bonds. The molecule has 96 valence electrons. The van der Waals surface area contributed by atoms with Crippen LogP contribution < -0.4 is 5.32 Å². The number of carboxylic acids is 1. The number of nitrogens with one attached hydrogen (secondary N) is 1. The van der Waals surface area contributed by atoms with Gasteiger partial charge in [-0.15, -0.1) is 0 Å². The van der Waals surface area contributed by atoms with Crippen molar-refractivity contribution in [3.05, 3.63) is 34.9 Å². The Hall–Kier alpha value is -1.55. The van der Waals surface area contributed by atoms with E-state index in [0.717, 1.165) is 5.56 Å². The van der Waals surface area contributed by atoms with E-state index >= 15 is 0 Å².